The van der Waals surface area contributed by atoms with E-state index in [1.54, 1.807) is 0 Å². The van der Waals surface area contributed by atoms with Gasteiger partial charge >= 0.3 is 6.09 Å². The first-order valence-corrected chi connectivity index (χ1v) is 4.48. The van der Waals surface area contributed by atoms with Crippen molar-refractivity contribution in [2.75, 3.05) is 5.88 Å². The Balaban J connectivity index is 3.16. The van der Waals surface area contributed by atoms with Gasteiger partial charge in [-0.2, -0.15) is 12.6 Å². The van der Waals surface area contributed by atoms with Crippen LogP contribution >= 0.6 is 20.1 Å². The molecule has 1 amide bonds. The van der Waals surface area contributed by atoms with Crippen molar-refractivity contribution in [2.45, 2.75) is 0 Å². The Kier molecular flexibility index (Phi) is 6.29. The standard InChI is InChI=1S/C2H5N2O2PS2/c5-2(3-1-8)6-4-7-9/h8H,1H2,(H,3,5)(H,4,9). The van der Waals surface area contributed by atoms with E-state index in [1.165, 1.54) is 0 Å². The van der Waals surface area contributed by atoms with Crippen molar-refractivity contribution in [2.24, 2.45) is 0 Å². The molecule has 0 aromatic rings. The molecule has 0 spiro atoms. The average molecular weight is 184 g/mol. The molecule has 52 valence electrons. The minimum atomic E-state index is -0.581. The smallest absolute Gasteiger partial charge is 0.344 e. The van der Waals surface area contributed by atoms with Crippen molar-refractivity contribution in [3.63, 3.8) is 0 Å². The quantitative estimate of drug-likeness (QED) is 0.257. The lowest BCUT2D eigenvalue weighted by Crippen LogP contribution is -2.25. The third-order valence-corrected chi connectivity index (χ3v) is 0.947. The van der Waals surface area contributed by atoms with Gasteiger partial charge in [0.15, 0.2) is 0 Å². The molecule has 0 atom stereocenters. The maximum Gasteiger partial charge on any atom is 0.427 e. The molecule has 9 heavy (non-hydrogen) atoms. The number of hydrogen-bond acceptors (Lipinski definition) is 4. The molecule has 0 bridgehead atoms. The fraction of sp³-hybridized carbons (Fsp3) is 0.500. The lowest BCUT2D eigenvalue weighted by molar-refractivity contribution is 0.131. The van der Waals surface area contributed by atoms with Crippen molar-refractivity contribution in [3.8, 4) is 0 Å². The summed E-state index contributed by atoms with van der Waals surface area (Å²) in [6.07, 6.45) is -0.581. The summed E-state index contributed by atoms with van der Waals surface area (Å²) < 4.78 is 0. The highest BCUT2D eigenvalue weighted by molar-refractivity contribution is 7.95. The maximum atomic E-state index is 10.3. The van der Waals surface area contributed by atoms with Crippen LogP contribution in [0.25, 0.3) is 0 Å². The van der Waals surface area contributed by atoms with Gasteiger partial charge in [0.25, 0.3) is 0 Å². The summed E-state index contributed by atoms with van der Waals surface area (Å²) in [4.78, 5) is 14.6. The number of hydrogen-bond donors (Lipinski definition) is 3. The van der Waals surface area contributed by atoms with Gasteiger partial charge in [0.1, 0.15) is 0 Å². The van der Waals surface area contributed by atoms with Gasteiger partial charge < -0.3 is 10.2 Å². The summed E-state index contributed by atoms with van der Waals surface area (Å²) in [5, 5.41) is 4.44. The van der Waals surface area contributed by atoms with Crippen molar-refractivity contribution < 1.29 is 9.63 Å². The van der Waals surface area contributed by atoms with Gasteiger partial charge in [-0.15, -0.1) is 0 Å². The third-order valence-electron chi connectivity index (χ3n) is 0.399. The predicted octanol–water partition coefficient (Wildman–Crippen LogP) is 0.428. The second kappa shape index (κ2) is 6.22. The van der Waals surface area contributed by atoms with Gasteiger partial charge in [0.05, 0.1) is 13.4 Å². The van der Waals surface area contributed by atoms with Crippen LogP contribution in [-0.2, 0) is 16.6 Å². The molecule has 0 fully saturated rings. The molecule has 0 aliphatic heterocycles. The second-order valence-electron chi connectivity index (χ2n) is 0.907. The summed E-state index contributed by atoms with van der Waals surface area (Å²) in [6, 6.07) is 0. The highest BCUT2D eigenvalue weighted by Gasteiger charge is 1.95. The Bertz CT molecular complexity index is 111. The van der Waals surface area contributed by atoms with E-state index in [0.29, 0.717) is 7.51 Å². The molecular weight excluding hydrogens is 179 g/mol. The Morgan fingerprint density at radius 1 is 1.89 bits per heavy atom. The van der Waals surface area contributed by atoms with Gasteiger partial charge in [-0.3, -0.25) is 0 Å². The molecule has 0 unspecified atom stereocenters. The summed E-state index contributed by atoms with van der Waals surface area (Å²) in [5.74, 6) is 0.245. The zero-order chi connectivity index (χ0) is 7.11. The van der Waals surface area contributed by atoms with Crippen molar-refractivity contribution >= 4 is 38.0 Å². The molecule has 0 aromatic heterocycles. The lowest BCUT2D eigenvalue weighted by atomic mass is 11.1. The molecule has 0 radical (unpaired) electrons. The largest absolute Gasteiger partial charge is 0.427 e. The van der Waals surface area contributed by atoms with Crippen LogP contribution in [0.15, 0.2) is 0 Å². The van der Waals surface area contributed by atoms with E-state index in [0.717, 1.165) is 0 Å². The van der Waals surface area contributed by atoms with Gasteiger partial charge in [0, 0.05) is 0 Å². The SMILES string of the molecule is O=C(NCS)ONP=S. The van der Waals surface area contributed by atoms with Crippen molar-refractivity contribution in [3.05, 3.63) is 0 Å². The Morgan fingerprint density at radius 3 is 3.00 bits per heavy atom. The molecule has 4 nitrogen and oxygen atoms in total. The summed E-state index contributed by atoms with van der Waals surface area (Å²) in [5.41, 5.74) is 0. The zero-order valence-corrected chi connectivity index (χ0v) is 6.93. The number of nitrogens with one attached hydrogen (secondary N) is 2. The number of rotatable bonds is 3. The molecule has 0 aliphatic rings. The lowest BCUT2D eigenvalue weighted by Gasteiger charge is -1.98. The van der Waals surface area contributed by atoms with Gasteiger partial charge in [-0.1, -0.05) is 5.25 Å². The van der Waals surface area contributed by atoms with Crippen LogP contribution in [-0.4, -0.2) is 12.0 Å². The molecule has 0 heterocycles. The van der Waals surface area contributed by atoms with Gasteiger partial charge in [0.2, 0.25) is 0 Å². The van der Waals surface area contributed by atoms with Gasteiger partial charge in [-0.25, -0.2) is 4.79 Å². The summed E-state index contributed by atoms with van der Waals surface area (Å²) >= 11 is 8.11. The highest BCUT2D eigenvalue weighted by atomic mass is 32.4. The fourth-order valence-electron chi connectivity index (χ4n) is 0.161. The molecule has 0 aliphatic carbocycles. The Labute approximate surface area is 64.6 Å². The van der Waals surface area contributed by atoms with Crippen LogP contribution in [0.4, 0.5) is 4.79 Å². The zero-order valence-electron chi connectivity index (χ0n) is 4.33. The monoisotopic (exact) mass is 184 g/mol. The third kappa shape index (κ3) is 5.98. The van der Waals surface area contributed by atoms with Gasteiger partial charge in [-0.05, 0) is 11.8 Å². The molecule has 2 N–H and O–H groups in total. The van der Waals surface area contributed by atoms with E-state index in [4.69, 9.17) is 0 Å². The summed E-state index contributed by atoms with van der Waals surface area (Å²) in [6.45, 7) is 0. The average Bonchev–Trinajstić information content (AvgIpc) is 1.85. The Hall–Kier alpha value is 0.1000. The number of carbonyl (C=O) groups excluding carboxylic acids is 1. The molecule has 0 aromatic carbocycles. The van der Waals surface area contributed by atoms with Crippen LogP contribution in [0.3, 0.4) is 0 Å². The van der Waals surface area contributed by atoms with E-state index >= 15 is 0 Å². The van der Waals surface area contributed by atoms with E-state index in [9.17, 15) is 4.79 Å². The molecule has 0 rings (SSSR count). The predicted molar refractivity (Wildman–Crippen MR) is 40.9 cm³/mol. The van der Waals surface area contributed by atoms with E-state index in [2.05, 4.69) is 39.8 Å². The van der Waals surface area contributed by atoms with Crippen LogP contribution < -0.4 is 10.6 Å². The second-order valence-corrected chi connectivity index (χ2v) is 2.14. The topological polar surface area (TPSA) is 50.4 Å². The normalized spacial score (nSPS) is 9.00. The number of thiol groups is 1. The Morgan fingerprint density at radius 2 is 2.56 bits per heavy atom. The minimum absolute atomic E-state index is 0.245. The fourth-order valence-corrected chi connectivity index (χ4v) is 0.522. The van der Waals surface area contributed by atoms with Crippen molar-refractivity contribution in [1.29, 1.82) is 0 Å². The first-order valence-electron chi connectivity index (χ1n) is 1.94. The van der Waals surface area contributed by atoms with E-state index < -0.39 is 6.09 Å². The van der Waals surface area contributed by atoms with Crippen LogP contribution in [0.2, 0.25) is 0 Å². The number of amides is 1. The maximum absolute atomic E-state index is 10.3. The van der Waals surface area contributed by atoms with Crippen LogP contribution in [0.5, 0.6) is 0 Å². The number of carbonyl (C=O) groups is 1. The highest BCUT2D eigenvalue weighted by Crippen LogP contribution is 1.81. The molecule has 7 heteroatoms. The minimum Gasteiger partial charge on any atom is -0.344 e. The van der Waals surface area contributed by atoms with Crippen LogP contribution in [0, 0.1) is 0 Å². The van der Waals surface area contributed by atoms with Crippen molar-refractivity contribution in [1.82, 2.24) is 10.6 Å². The first-order chi connectivity index (χ1) is 4.31. The van der Waals surface area contributed by atoms with Crippen LogP contribution in [0.1, 0.15) is 0 Å². The van der Waals surface area contributed by atoms with E-state index in [1.807, 2.05) is 0 Å². The molecule has 0 saturated heterocycles. The molecular formula is C2H5N2O2PS2. The van der Waals surface area contributed by atoms with E-state index in [-0.39, 0.29) is 5.88 Å². The molecule has 0 saturated carbocycles. The first kappa shape index (κ1) is 9.10. The summed E-state index contributed by atoms with van der Waals surface area (Å²) in [7, 11) is 0.381.